The molecule has 0 aromatic rings. The fraction of sp³-hybridized carbons (Fsp3) is 0.571. The van der Waals surface area contributed by atoms with E-state index in [0.29, 0.717) is 6.61 Å². The molecule has 0 aliphatic carbocycles. The molecule has 12 heavy (non-hydrogen) atoms. The summed E-state index contributed by atoms with van der Waals surface area (Å²) in [7, 11) is 0. The Morgan fingerprint density at radius 3 is 2.50 bits per heavy atom. The summed E-state index contributed by atoms with van der Waals surface area (Å²) >= 11 is 4.60. The van der Waals surface area contributed by atoms with Crippen LogP contribution in [-0.2, 0) is 4.74 Å². The molecule has 1 nitrogen and oxygen atoms in total. The summed E-state index contributed by atoms with van der Waals surface area (Å²) in [5.74, 6) is 0. The molecular weight excluding hydrogens is 189 g/mol. The van der Waals surface area contributed by atoms with Crippen LogP contribution in [0.25, 0.3) is 0 Å². The molecule has 0 spiro atoms. The van der Waals surface area contributed by atoms with Gasteiger partial charge >= 0.3 is 6.18 Å². The van der Waals surface area contributed by atoms with Crippen LogP contribution < -0.4 is 0 Å². The summed E-state index contributed by atoms with van der Waals surface area (Å²) in [6.07, 6.45) is -3.14. The topological polar surface area (TPSA) is 9.23 Å². The van der Waals surface area contributed by atoms with Crippen molar-refractivity contribution < 1.29 is 17.9 Å². The van der Waals surface area contributed by atoms with Gasteiger partial charge in [0.25, 0.3) is 0 Å². The number of rotatable bonds is 3. The molecule has 70 valence electrons. The van der Waals surface area contributed by atoms with E-state index in [1.165, 1.54) is 0 Å². The fourth-order valence-electron chi connectivity index (χ4n) is 0.509. The van der Waals surface area contributed by atoms with Gasteiger partial charge in [-0.2, -0.15) is 13.2 Å². The highest BCUT2D eigenvalue weighted by atomic mass is 32.1. The lowest BCUT2D eigenvalue weighted by Gasteiger charge is -2.01. The zero-order chi connectivity index (χ0) is 9.61. The maximum absolute atomic E-state index is 11.5. The maximum atomic E-state index is 11.5. The second kappa shape index (κ2) is 5.13. The number of alkyl halides is 3. The second-order valence-corrected chi connectivity index (χ2v) is 2.41. The summed E-state index contributed by atoms with van der Waals surface area (Å²) in [5, 5.41) is 0.179. The Hall–Kier alpha value is -0.580. The van der Waals surface area contributed by atoms with Gasteiger partial charge in [-0.3, -0.25) is 0 Å². The molecule has 0 fully saturated rings. The minimum absolute atomic E-state index is 0.0304. The number of ether oxygens (including phenoxy) is 1. The highest BCUT2D eigenvalue weighted by Crippen LogP contribution is 2.16. The molecular formula is C7H9F3OS. The van der Waals surface area contributed by atoms with Crippen molar-refractivity contribution in [2.75, 3.05) is 6.61 Å². The Morgan fingerprint density at radius 2 is 2.08 bits per heavy atom. The summed E-state index contributed by atoms with van der Waals surface area (Å²) in [6.45, 7) is 2.11. The summed E-state index contributed by atoms with van der Waals surface area (Å²) in [4.78, 5) is 0. The van der Waals surface area contributed by atoms with Gasteiger partial charge in [0.15, 0.2) is 5.05 Å². The van der Waals surface area contributed by atoms with Crippen molar-refractivity contribution in [3.05, 3.63) is 12.2 Å². The van der Waals surface area contributed by atoms with Crippen LogP contribution in [0, 0.1) is 0 Å². The maximum Gasteiger partial charge on any atom is 0.409 e. The van der Waals surface area contributed by atoms with Gasteiger partial charge in [0.2, 0.25) is 0 Å². The average molecular weight is 198 g/mol. The van der Waals surface area contributed by atoms with E-state index in [4.69, 9.17) is 4.74 Å². The molecule has 0 unspecified atom stereocenters. The standard InChI is InChI=1S/C7H9F3OS/c1-2-11-6(12)4-3-5-7(8,9)10/h3,5H,2,4H2,1H3. The van der Waals surface area contributed by atoms with Gasteiger partial charge in [0.05, 0.1) is 6.61 Å². The quantitative estimate of drug-likeness (QED) is 0.509. The molecule has 0 rings (SSSR count). The Morgan fingerprint density at radius 1 is 1.50 bits per heavy atom. The van der Waals surface area contributed by atoms with Crippen molar-refractivity contribution in [2.24, 2.45) is 0 Å². The first-order valence-corrected chi connectivity index (χ1v) is 3.76. The molecule has 0 aliphatic heterocycles. The third-order valence-corrected chi connectivity index (χ3v) is 1.18. The summed E-state index contributed by atoms with van der Waals surface area (Å²) in [5.41, 5.74) is 0. The number of halogens is 3. The number of allylic oxidation sites excluding steroid dienone is 1. The Balaban J connectivity index is 3.68. The number of hydrogen-bond donors (Lipinski definition) is 0. The van der Waals surface area contributed by atoms with Crippen LogP contribution in [0.2, 0.25) is 0 Å². The lowest BCUT2D eigenvalue weighted by atomic mass is 10.4. The van der Waals surface area contributed by atoms with E-state index in [2.05, 4.69) is 12.2 Å². The van der Waals surface area contributed by atoms with Crippen LogP contribution in [0.1, 0.15) is 13.3 Å². The minimum Gasteiger partial charge on any atom is -0.487 e. The van der Waals surface area contributed by atoms with Crippen molar-refractivity contribution in [1.29, 1.82) is 0 Å². The molecule has 0 bridgehead atoms. The minimum atomic E-state index is -4.26. The third kappa shape index (κ3) is 7.53. The first-order chi connectivity index (χ1) is 5.45. The van der Waals surface area contributed by atoms with Crippen molar-refractivity contribution in [3.8, 4) is 0 Å². The first-order valence-electron chi connectivity index (χ1n) is 3.35. The Bertz CT molecular complexity index is 174. The van der Waals surface area contributed by atoms with E-state index in [0.717, 1.165) is 6.08 Å². The molecule has 0 heterocycles. The predicted octanol–water partition coefficient (Wildman–Crippen LogP) is 2.86. The third-order valence-electron chi connectivity index (χ3n) is 0.897. The van der Waals surface area contributed by atoms with Gasteiger partial charge < -0.3 is 4.74 Å². The molecule has 0 aliphatic rings. The van der Waals surface area contributed by atoms with E-state index in [1.807, 2.05) is 0 Å². The van der Waals surface area contributed by atoms with Crippen molar-refractivity contribution >= 4 is 17.3 Å². The molecule has 5 heteroatoms. The smallest absolute Gasteiger partial charge is 0.409 e. The average Bonchev–Trinajstić information content (AvgIpc) is 1.84. The molecule has 0 aromatic heterocycles. The fourth-order valence-corrected chi connectivity index (χ4v) is 0.723. The zero-order valence-electron chi connectivity index (χ0n) is 6.52. The lowest BCUT2D eigenvalue weighted by molar-refractivity contribution is -0.0799. The molecule has 0 saturated heterocycles. The van der Waals surface area contributed by atoms with E-state index in [1.54, 1.807) is 6.92 Å². The van der Waals surface area contributed by atoms with Gasteiger partial charge in [-0.25, -0.2) is 0 Å². The zero-order valence-corrected chi connectivity index (χ0v) is 7.34. The van der Waals surface area contributed by atoms with Crippen LogP contribution in [-0.4, -0.2) is 17.8 Å². The van der Waals surface area contributed by atoms with Crippen LogP contribution in [0.15, 0.2) is 12.2 Å². The van der Waals surface area contributed by atoms with Gasteiger partial charge in [0, 0.05) is 12.5 Å². The highest BCUT2D eigenvalue weighted by Gasteiger charge is 2.21. The monoisotopic (exact) mass is 198 g/mol. The second-order valence-electron chi connectivity index (χ2n) is 1.95. The van der Waals surface area contributed by atoms with E-state index in [-0.39, 0.29) is 17.5 Å². The number of thiocarbonyl (C=S) groups is 1. The molecule has 0 atom stereocenters. The SMILES string of the molecule is CCOC(=S)CC=CC(F)(F)F. The predicted molar refractivity (Wildman–Crippen MR) is 44.0 cm³/mol. The molecule has 0 N–H and O–H groups in total. The first kappa shape index (κ1) is 11.4. The number of hydrogen-bond acceptors (Lipinski definition) is 2. The van der Waals surface area contributed by atoms with E-state index in [9.17, 15) is 13.2 Å². The van der Waals surface area contributed by atoms with Crippen molar-refractivity contribution in [3.63, 3.8) is 0 Å². The van der Waals surface area contributed by atoms with Crippen molar-refractivity contribution in [1.82, 2.24) is 0 Å². The van der Waals surface area contributed by atoms with Gasteiger partial charge in [0.1, 0.15) is 0 Å². The van der Waals surface area contributed by atoms with Gasteiger partial charge in [-0.1, -0.05) is 6.08 Å². The molecule has 0 saturated carbocycles. The molecule has 0 radical (unpaired) electrons. The summed E-state index contributed by atoms with van der Waals surface area (Å²) in [6, 6.07) is 0. The van der Waals surface area contributed by atoms with Crippen LogP contribution in [0.5, 0.6) is 0 Å². The van der Waals surface area contributed by atoms with Crippen molar-refractivity contribution in [2.45, 2.75) is 19.5 Å². The Kier molecular flexibility index (Phi) is 4.89. The largest absolute Gasteiger partial charge is 0.487 e. The molecule has 0 aromatic carbocycles. The Labute approximate surface area is 74.2 Å². The van der Waals surface area contributed by atoms with E-state index < -0.39 is 6.18 Å². The highest BCUT2D eigenvalue weighted by molar-refractivity contribution is 7.80. The van der Waals surface area contributed by atoms with E-state index >= 15 is 0 Å². The lowest BCUT2D eigenvalue weighted by Crippen LogP contribution is -2.03. The molecule has 0 amide bonds. The van der Waals surface area contributed by atoms with Crippen LogP contribution in [0.3, 0.4) is 0 Å². The van der Waals surface area contributed by atoms with Gasteiger partial charge in [-0.05, 0) is 19.1 Å². The summed E-state index contributed by atoms with van der Waals surface area (Å²) < 4.78 is 39.3. The van der Waals surface area contributed by atoms with Crippen LogP contribution in [0.4, 0.5) is 13.2 Å². The van der Waals surface area contributed by atoms with Gasteiger partial charge in [-0.15, -0.1) is 0 Å². The normalized spacial score (nSPS) is 12.0. The van der Waals surface area contributed by atoms with Crippen LogP contribution >= 0.6 is 12.2 Å².